The fourth-order valence-electron chi connectivity index (χ4n) is 6.78. The molecular weight excluding hydrogens is 673 g/mol. The topological polar surface area (TPSA) is 51.6 Å². The molecule has 0 radical (unpaired) electrons. The van der Waals surface area contributed by atoms with Gasteiger partial charge < -0.3 is 0 Å². The average molecular weight is 701 g/mol. The normalized spacial score (nSPS) is 11.5. The highest BCUT2D eigenvalue weighted by atomic mass is 32.1. The molecule has 4 nitrogen and oxygen atoms in total. The van der Waals surface area contributed by atoms with Gasteiger partial charge in [-0.25, -0.2) is 19.9 Å². The fourth-order valence-corrected chi connectivity index (χ4v) is 8.92. The van der Waals surface area contributed by atoms with Gasteiger partial charge in [-0.3, -0.25) is 0 Å². The highest BCUT2D eigenvalue weighted by molar-refractivity contribution is 7.26. The lowest BCUT2D eigenvalue weighted by Crippen LogP contribution is -2.00. The second kappa shape index (κ2) is 12.8. The van der Waals surface area contributed by atoms with Crippen LogP contribution in [0.4, 0.5) is 0 Å². The molecule has 0 N–H and O–H groups in total. The first kappa shape index (κ1) is 30.5. The van der Waals surface area contributed by atoms with Gasteiger partial charge in [-0.1, -0.05) is 146 Å². The lowest BCUT2D eigenvalue weighted by atomic mass is 10.0. The number of thiophene rings is 1. The molecule has 0 amide bonds. The van der Waals surface area contributed by atoms with Crippen LogP contribution in [0.5, 0.6) is 0 Å². The van der Waals surface area contributed by atoms with Gasteiger partial charge in [0, 0.05) is 42.4 Å². The van der Waals surface area contributed by atoms with Crippen LogP contribution in [0.15, 0.2) is 170 Å². The summed E-state index contributed by atoms with van der Waals surface area (Å²) >= 11 is 3.53. The Balaban J connectivity index is 1.05. The average Bonchev–Trinajstić information content (AvgIpc) is 3.83. The van der Waals surface area contributed by atoms with Gasteiger partial charge in [-0.2, -0.15) is 0 Å². The minimum Gasteiger partial charge on any atom is -0.236 e. The summed E-state index contributed by atoms with van der Waals surface area (Å²) in [5, 5.41) is 3.40. The number of rotatable bonds is 6. The lowest BCUT2D eigenvalue weighted by Gasteiger charge is -2.10. The van der Waals surface area contributed by atoms with Crippen molar-refractivity contribution in [3.05, 3.63) is 170 Å². The van der Waals surface area contributed by atoms with E-state index in [4.69, 9.17) is 19.9 Å². The molecule has 10 rings (SSSR count). The van der Waals surface area contributed by atoms with Gasteiger partial charge in [0.25, 0.3) is 0 Å². The van der Waals surface area contributed by atoms with E-state index in [1.165, 1.54) is 36.2 Å². The largest absolute Gasteiger partial charge is 0.236 e. The Labute approximate surface area is 308 Å². The van der Waals surface area contributed by atoms with Crippen LogP contribution in [0.25, 0.3) is 97.4 Å². The van der Waals surface area contributed by atoms with Crippen molar-refractivity contribution >= 4 is 53.1 Å². The zero-order valence-electron chi connectivity index (χ0n) is 27.8. The molecule has 0 saturated heterocycles. The minimum atomic E-state index is 0.650. The molecule has 0 aliphatic carbocycles. The molecule has 52 heavy (non-hydrogen) atoms. The van der Waals surface area contributed by atoms with Crippen molar-refractivity contribution in [2.24, 2.45) is 0 Å². The first-order valence-electron chi connectivity index (χ1n) is 17.1. The van der Waals surface area contributed by atoms with Crippen molar-refractivity contribution < 1.29 is 0 Å². The number of benzene rings is 7. The van der Waals surface area contributed by atoms with Crippen molar-refractivity contribution in [2.45, 2.75) is 0 Å². The van der Waals surface area contributed by atoms with E-state index >= 15 is 0 Å². The molecule has 0 aliphatic heterocycles. The van der Waals surface area contributed by atoms with Crippen LogP contribution in [0.1, 0.15) is 0 Å². The molecule has 0 unspecified atom stereocenters. The molecule has 0 bridgehead atoms. The van der Waals surface area contributed by atoms with Crippen LogP contribution in [-0.2, 0) is 0 Å². The summed E-state index contributed by atoms with van der Waals surface area (Å²) in [5.74, 6) is 1.97. The molecule has 0 aliphatic rings. The van der Waals surface area contributed by atoms with E-state index in [0.717, 1.165) is 43.7 Å². The van der Waals surface area contributed by atoms with Gasteiger partial charge >= 0.3 is 0 Å². The molecular formula is C46H28N4S2. The number of nitrogens with zero attached hydrogens (tertiary/aromatic N) is 4. The third kappa shape index (κ3) is 5.55. The number of fused-ring (bicyclic) bond motifs is 4. The van der Waals surface area contributed by atoms with E-state index in [-0.39, 0.29) is 0 Å². The lowest BCUT2D eigenvalue weighted by molar-refractivity contribution is 1.08. The van der Waals surface area contributed by atoms with E-state index < -0.39 is 0 Å². The molecule has 244 valence electrons. The zero-order chi connectivity index (χ0) is 34.4. The summed E-state index contributed by atoms with van der Waals surface area (Å²) in [5.41, 5.74) is 9.77. The standard InChI is InChI=1S/C46H28N4S2/c1-3-10-29(11-4-1)30-18-22-33(23-19-30)44-48-43(32-12-5-2-6-13-32)49-45(50-44)37-14-9-17-40-42(37)36-27-26-35(28-41(36)51-40)31-20-24-34(25-21-31)46-47-38-15-7-8-16-39(38)52-46/h1-28H. The van der Waals surface area contributed by atoms with E-state index in [2.05, 4.69) is 140 Å². The fraction of sp³-hybridized carbons (Fsp3) is 0. The number of hydrogen-bond acceptors (Lipinski definition) is 6. The monoisotopic (exact) mass is 700 g/mol. The molecule has 6 heteroatoms. The quantitative estimate of drug-likeness (QED) is 0.173. The molecule has 7 aromatic carbocycles. The van der Waals surface area contributed by atoms with E-state index in [9.17, 15) is 0 Å². The predicted molar refractivity (Wildman–Crippen MR) is 219 cm³/mol. The highest BCUT2D eigenvalue weighted by Gasteiger charge is 2.18. The number of thiazole rings is 1. The molecule has 0 spiro atoms. The zero-order valence-corrected chi connectivity index (χ0v) is 29.4. The van der Waals surface area contributed by atoms with Gasteiger partial charge in [0.1, 0.15) is 5.01 Å². The second-order valence-corrected chi connectivity index (χ2v) is 14.8. The van der Waals surface area contributed by atoms with E-state index in [1.807, 2.05) is 30.3 Å². The Kier molecular flexibility index (Phi) is 7.48. The Morgan fingerprint density at radius 3 is 1.60 bits per heavy atom. The van der Waals surface area contributed by atoms with Gasteiger partial charge in [0.05, 0.1) is 10.2 Å². The summed E-state index contributed by atoms with van der Waals surface area (Å²) in [6.45, 7) is 0. The van der Waals surface area contributed by atoms with Crippen LogP contribution in [-0.4, -0.2) is 19.9 Å². The Bertz CT molecular complexity index is 2840. The Morgan fingerprint density at radius 1 is 0.327 bits per heavy atom. The smallest absolute Gasteiger partial charge is 0.164 e. The molecule has 0 fully saturated rings. The first-order valence-corrected chi connectivity index (χ1v) is 18.8. The van der Waals surface area contributed by atoms with Crippen molar-refractivity contribution in [2.75, 3.05) is 0 Å². The molecule has 0 saturated carbocycles. The number of hydrogen-bond donors (Lipinski definition) is 0. The van der Waals surface area contributed by atoms with Gasteiger partial charge in [0.2, 0.25) is 0 Å². The van der Waals surface area contributed by atoms with Crippen LogP contribution in [0, 0.1) is 0 Å². The van der Waals surface area contributed by atoms with Crippen molar-refractivity contribution in [3.8, 4) is 67.0 Å². The van der Waals surface area contributed by atoms with Crippen molar-refractivity contribution in [1.82, 2.24) is 19.9 Å². The summed E-state index contributed by atoms with van der Waals surface area (Å²) in [7, 11) is 0. The molecule has 0 atom stereocenters. The Hall–Kier alpha value is -6.34. The van der Waals surface area contributed by atoms with E-state index in [0.29, 0.717) is 17.5 Å². The molecule has 10 aromatic rings. The number of aromatic nitrogens is 4. The third-order valence-corrected chi connectivity index (χ3v) is 11.6. The van der Waals surface area contributed by atoms with Gasteiger partial charge in [-0.15, -0.1) is 22.7 Å². The molecule has 3 aromatic heterocycles. The maximum absolute atomic E-state index is 5.13. The van der Waals surface area contributed by atoms with Gasteiger partial charge in [-0.05, 0) is 46.5 Å². The summed E-state index contributed by atoms with van der Waals surface area (Å²) in [4.78, 5) is 20.1. The third-order valence-electron chi connectivity index (χ3n) is 9.41. The Morgan fingerprint density at radius 2 is 0.865 bits per heavy atom. The summed E-state index contributed by atoms with van der Waals surface area (Å²) in [6, 6.07) is 59.3. The summed E-state index contributed by atoms with van der Waals surface area (Å²) < 4.78 is 3.63. The van der Waals surface area contributed by atoms with Crippen molar-refractivity contribution in [1.29, 1.82) is 0 Å². The predicted octanol–water partition coefficient (Wildman–Crippen LogP) is 12.9. The highest BCUT2D eigenvalue weighted by Crippen LogP contribution is 2.41. The number of para-hydroxylation sites is 1. The van der Waals surface area contributed by atoms with E-state index in [1.54, 1.807) is 22.7 Å². The van der Waals surface area contributed by atoms with Crippen LogP contribution >= 0.6 is 22.7 Å². The minimum absolute atomic E-state index is 0.650. The second-order valence-electron chi connectivity index (χ2n) is 12.7. The van der Waals surface area contributed by atoms with Crippen LogP contribution in [0.2, 0.25) is 0 Å². The van der Waals surface area contributed by atoms with Crippen molar-refractivity contribution in [3.63, 3.8) is 0 Å². The molecule has 3 heterocycles. The van der Waals surface area contributed by atoms with Crippen LogP contribution in [0.3, 0.4) is 0 Å². The summed E-state index contributed by atoms with van der Waals surface area (Å²) in [6.07, 6.45) is 0. The van der Waals surface area contributed by atoms with Crippen LogP contribution < -0.4 is 0 Å². The maximum atomic E-state index is 5.13. The first-order chi connectivity index (χ1) is 25.7. The maximum Gasteiger partial charge on any atom is 0.164 e. The van der Waals surface area contributed by atoms with Gasteiger partial charge in [0.15, 0.2) is 17.5 Å². The SMILES string of the molecule is c1ccc(-c2ccc(-c3nc(-c4ccccc4)nc(-c4cccc5sc6cc(-c7ccc(-c8nc9ccccc9s8)cc7)ccc6c45)n3)cc2)cc1.